The number of hydrogen-bond acceptors (Lipinski definition) is 9. The third-order valence-corrected chi connectivity index (χ3v) is 5.92. The molecule has 0 aliphatic carbocycles. The predicted octanol–water partition coefficient (Wildman–Crippen LogP) is 3.34. The molecule has 2 heterocycles. The van der Waals surface area contributed by atoms with E-state index < -0.39 is 6.04 Å². The Hall–Kier alpha value is -4.34. The van der Waals surface area contributed by atoms with Gasteiger partial charge in [-0.3, -0.25) is 14.5 Å². The van der Waals surface area contributed by atoms with E-state index in [1.165, 1.54) is 21.1 Å². The first kappa shape index (κ1) is 24.4. The van der Waals surface area contributed by atoms with Crippen molar-refractivity contribution in [3.63, 3.8) is 0 Å². The Balaban J connectivity index is 1.33. The summed E-state index contributed by atoms with van der Waals surface area (Å²) < 4.78 is 1.49. The number of tetrazole rings is 1. The first-order valence-electron chi connectivity index (χ1n) is 11.3. The lowest BCUT2D eigenvalue weighted by atomic mass is 10.0. The Bertz CT molecular complexity index is 1390. The number of amides is 1. The van der Waals surface area contributed by atoms with E-state index >= 15 is 0 Å². The summed E-state index contributed by atoms with van der Waals surface area (Å²) in [7, 11) is 0. The molecule has 1 aliphatic heterocycles. The van der Waals surface area contributed by atoms with Crippen molar-refractivity contribution in [2.75, 3.05) is 23.8 Å². The van der Waals surface area contributed by atoms with Crippen LogP contribution in [0, 0.1) is 11.3 Å². The monoisotopic (exact) mass is 516 g/mol. The zero-order valence-electron chi connectivity index (χ0n) is 19.4. The molecule has 5 rings (SSSR count). The molecular weight excluding hydrogens is 496 g/mol. The summed E-state index contributed by atoms with van der Waals surface area (Å²) in [5.74, 6) is -0.275. The largest absolute Gasteiger partial charge is 0.325 e. The minimum atomic E-state index is -0.696. The average molecular weight is 517 g/mol. The van der Waals surface area contributed by atoms with Crippen LogP contribution in [0.15, 0.2) is 79.1 Å². The van der Waals surface area contributed by atoms with Crippen LogP contribution in [0.4, 0.5) is 11.4 Å². The van der Waals surface area contributed by atoms with Gasteiger partial charge in [0.1, 0.15) is 12.4 Å². The molecule has 1 N–H and O–H groups in total. The Kier molecular flexibility index (Phi) is 7.34. The molecule has 1 fully saturated rings. The number of anilines is 2. The van der Waals surface area contributed by atoms with E-state index in [2.05, 4.69) is 26.9 Å². The molecule has 1 aliphatic rings. The highest BCUT2D eigenvalue weighted by Gasteiger charge is 2.32. The molecule has 0 bridgehead atoms. The normalized spacial score (nSPS) is 14.6. The number of nitrogens with one attached hydrogen (secondary N) is 1. The number of hydrogen-bond donors (Lipinski definition) is 1. The van der Waals surface area contributed by atoms with Crippen LogP contribution < -0.4 is 10.4 Å². The van der Waals surface area contributed by atoms with Gasteiger partial charge >= 0.3 is 0 Å². The fourth-order valence-corrected chi connectivity index (χ4v) is 3.99. The van der Waals surface area contributed by atoms with Crippen LogP contribution in [0.25, 0.3) is 5.69 Å². The van der Waals surface area contributed by atoms with Gasteiger partial charge in [0.05, 0.1) is 23.0 Å². The molecule has 1 aromatic heterocycles. The SMILES string of the molecule is N#Cc1ccc(NC(=O)C(Cc2ccccc2)N2CON(c3cc(Cl)ccc3-n3cnnn3)CO2)cc1. The second-order valence-electron chi connectivity index (χ2n) is 8.08. The Morgan fingerprint density at radius 2 is 1.86 bits per heavy atom. The number of carbonyl (C=O) groups is 1. The molecule has 11 nitrogen and oxygen atoms in total. The molecule has 1 saturated heterocycles. The van der Waals surface area contributed by atoms with Crippen molar-refractivity contribution < 1.29 is 14.5 Å². The lowest BCUT2D eigenvalue weighted by Gasteiger charge is -2.38. The van der Waals surface area contributed by atoms with Crippen molar-refractivity contribution in [1.29, 1.82) is 5.26 Å². The molecule has 1 atom stereocenters. The first-order valence-corrected chi connectivity index (χ1v) is 11.7. The van der Waals surface area contributed by atoms with Crippen molar-refractivity contribution in [3.8, 4) is 11.8 Å². The van der Waals surface area contributed by atoms with Crippen molar-refractivity contribution >= 4 is 28.9 Å². The number of nitrogens with zero attached hydrogens (tertiary/aromatic N) is 7. The van der Waals surface area contributed by atoms with Crippen LogP contribution >= 0.6 is 11.6 Å². The molecular formula is C25H21ClN8O3. The number of halogens is 1. The third kappa shape index (κ3) is 5.74. The van der Waals surface area contributed by atoms with Gasteiger partial charge in [0.25, 0.3) is 0 Å². The molecule has 1 unspecified atom stereocenters. The first-order chi connectivity index (χ1) is 18.1. The number of aromatic nitrogens is 4. The lowest BCUT2D eigenvalue weighted by molar-refractivity contribution is -0.279. The summed E-state index contributed by atoms with van der Waals surface area (Å²) in [5, 5.41) is 26.8. The summed E-state index contributed by atoms with van der Waals surface area (Å²) in [5.41, 5.74) is 3.29. The van der Waals surface area contributed by atoms with Crippen molar-refractivity contribution in [2.24, 2.45) is 0 Å². The highest BCUT2D eigenvalue weighted by atomic mass is 35.5. The quantitative estimate of drug-likeness (QED) is 0.394. The van der Waals surface area contributed by atoms with Crippen LogP contribution in [0.1, 0.15) is 11.1 Å². The van der Waals surface area contributed by atoms with Crippen molar-refractivity contribution in [2.45, 2.75) is 12.5 Å². The third-order valence-electron chi connectivity index (χ3n) is 5.69. The molecule has 186 valence electrons. The molecule has 1 amide bonds. The van der Waals surface area contributed by atoms with Crippen molar-refractivity contribution in [1.82, 2.24) is 25.3 Å². The van der Waals surface area contributed by atoms with E-state index in [4.69, 9.17) is 26.5 Å². The summed E-state index contributed by atoms with van der Waals surface area (Å²) in [6.45, 7) is -0.0369. The number of nitriles is 1. The maximum Gasteiger partial charge on any atom is 0.244 e. The van der Waals surface area contributed by atoms with E-state index in [9.17, 15) is 4.79 Å². The van der Waals surface area contributed by atoms with Gasteiger partial charge in [-0.25, -0.2) is 5.06 Å². The molecule has 37 heavy (non-hydrogen) atoms. The van der Waals surface area contributed by atoms with Gasteiger partial charge in [-0.2, -0.15) is 9.94 Å². The van der Waals surface area contributed by atoms with Gasteiger partial charge in [-0.15, -0.1) is 10.2 Å². The van der Waals surface area contributed by atoms with Crippen LogP contribution in [0.2, 0.25) is 5.02 Å². The zero-order chi connectivity index (χ0) is 25.6. The van der Waals surface area contributed by atoms with Gasteiger partial charge in [0, 0.05) is 10.7 Å². The number of benzene rings is 3. The summed E-state index contributed by atoms with van der Waals surface area (Å²) in [6.07, 6.45) is 1.85. The Morgan fingerprint density at radius 3 is 2.54 bits per heavy atom. The minimum Gasteiger partial charge on any atom is -0.325 e. The van der Waals surface area contributed by atoms with E-state index in [0.29, 0.717) is 34.1 Å². The van der Waals surface area contributed by atoms with Gasteiger partial charge < -0.3 is 5.32 Å². The Labute approximate surface area is 217 Å². The summed E-state index contributed by atoms with van der Waals surface area (Å²) in [4.78, 5) is 25.4. The Morgan fingerprint density at radius 1 is 1.05 bits per heavy atom. The van der Waals surface area contributed by atoms with Crippen LogP contribution in [-0.2, 0) is 20.9 Å². The second-order valence-corrected chi connectivity index (χ2v) is 8.52. The van der Waals surface area contributed by atoms with E-state index in [0.717, 1.165) is 5.56 Å². The molecule has 3 aromatic carbocycles. The number of carbonyl (C=O) groups excluding carboxylic acids is 1. The topological polar surface area (TPSA) is 121 Å². The highest BCUT2D eigenvalue weighted by molar-refractivity contribution is 6.31. The minimum absolute atomic E-state index is 0.00902. The standard InChI is InChI=1S/C25H21ClN8O3/c26-20-8-11-22(32-15-28-30-31-32)23(13-20)33-16-37-34(17-36-33)24(12-18-4-2-1-3-5-18)25(35)29-21-9-6-19(14-27)7-10-21/h1-11,13,15,24H,12,16-17H2,(H,29,35). The van der Waals surface area contributed by atoms with E-state index in [1.807, 2.05) is 30.3 Å². The van der Waals surface area contributed by atoms with Crippen LogP contribution in [0.3, 0.4) is 0 Å². The average Bonchev–Trinajstić information content (AvgIpc) is 3.48. The molecule has 0 spiro atoms. The molecule has 0 saturated carbocycles. The van der Waals surface area contributed by atoms with Gasteiger partial charge in [-0.05, 0) is 64.9 Å². The molecule has 12 heteroatoms. The van der Waals surface area contributed by atoms with E-state index in [1.54, 1.807) is 42.5 Å². The van der Waals surface area contributed by atoms with Gasteiger partial charge in [-0.1, -0.05) is 41.9 Å². The van der Waals surface area contributed by atoms with Gasteiger partial charge in [0.2, 0.25) is 5.91 Å². The summed E-state index contributed by atoms with van der Waals surface area (Å²) >= 11 is 6.24. The fraction of sp³-hybridized carbons (Fsp3) is 0.160. The van der Waals surface area contributed by atoms with Crippen molar-refractivity contribution in [3.05, 3.63) is 95.3 Å². The predicted molar refractivity (Wildman–Crippen MR) is 134 cm³/mol. The maximum absolute atomic E-state index is 13.4. The van der Waals surface area contributed by atoms with Crippen LogP contribution in [-0.4, -0.2) is 50.7 Å². The van der Waals surface area contributed by atoms with Gasteiger partial charge in [0.15, 0.2) is 13.5 Å². The number of hydroxylamine groups is 3. The molecule has 4 aromatic rings. The van der Waals surface area contributed by atoms with Crippen LogP contribution in [0.5, 0.6) is 0 Å². The maximum atomic E-state index is 13.4. The second kappa shape index (κ2) is 11.2. The fourth-order valence-electron chi connectivity index (χ4n) is 3.82. The zero-order valence-corrected chi connectivity index (χ0v) is 20.2. The highest BCUT2D eigenvalue weighted by Crippen LogP contribution is 2.30. The molecule has 0 radical (unpaired) electrons. The summed E-state index contributed by atoms with van der Waals surface area (Å²) in [6, 6.07) is 22.9. The number of rotatable bonds is 7. The smallest absolute Gasteiger partial charge is 0.244 e. The van der Waals surface area contributed by atoms with E-state index in [-0.39, 0.29) is 19.4 Å². The lowest BCUT2D eigenvalue weighted by Crippen LogP contribution is -2.52.